The summed E-state index contributed by atoms with van der Waals surface area (Å²) in [6.07, 6.45) is 0.273. The number of hydrogen-bond donors (Lipinski definition) is 1. The molecule has 0 saturated carbocycles. The Morgan fingerprint density at radius 3 is 2.24 bits per heavy atom. The molecule has 0 saturated heterocycles. The number of hydrogen-bond acceptors (Lipinski definition) is 4. The fraction of sp³-hybridized carbons (Fsp3) is 0.231. The van der Waals surface area contributed by atoms with E-state index in [1.807, 2.05) is 30.3 Å². The lowest BCUT2D eigenvalue weighted by molar-refractivity contribution is -0.142. The number of benzene rings is 3. The minimum Gasteiger partial charge on any atom is -0.493 e. The number of ether oxygens (including phenoxy) is 2. The molecule has 0 radical (unpaired) electrons. The molecule has 1 N–H and O–H groups in total. The summed E-state index contributed by atoms with van der Waals surface area (Å²) < 4.78 is 25.4. The van der Waals surface area contributed by atoms with Gasteiger partial charge in [-0.1, -0.05) is 60.7 Å². The van der Waals surface area contributed by atoms with Crippen LogP contribution in [0.1, 0.15) is 11.1 Å². The molecule has 1 atom stereocenters. The van der Waals surface area contributed by atoms with Gasteiger partial charge in [-0.3, -0.25) is 9.59 Å². The average molecular weight is 451 g/mol. The van der Waals surface area contributed by atoms with Gasteiger partial charge in [0.1, 0.15) is 11.9 Å². The number of rotatable bonds is 10. The first kappa shape index (κ1) is 23.8. The second kappa shape index (κ2) is 11.7. The van der Waals surface area contributed by atoms with Gasteiger partial charge in [0.05, 0.1) is 7.11 Å². The Hall–Kier alpha value is -3.87. The highest BCUT2D eigenvalue weighted by Crippen LogP contribution is 2.26. The van der Waals surface area contributed by atoms with Crippen molar-refractivity contribution in [1.29, 1.82) is 0 Å². The summed E-state index contributed by atoms with van der Waals surface area (Å²) in [5.74, 6) is -0.359. The average Bonchev–Trinajstić information content (AvgIpc) is 2.86. The molecule has 1 unspecified atom stereocenters. The van der Waals surface area contributed by atoms with Crippen LogP contribution >= 0.6 is 0 Å². The summed E-state index contributed by atoms with van der Waals surface area (Å²) >= 11 is 0. The zero-order valence-electron chi connectivity index (χ0n) is 18.7. The number of nitrogens with zero attached hydrogens (tertiary/aromatic N) is 1. The molecule has 0 aliphatic heterocycles. The maximum atomic E-state index is 14.4. The highest BCUT2D eigenvalue weighted by molar-refractivity contribution is 5.88. The highest BCUT2D eigenvalue weighted by atomic mass is 19.1. The third-order valence-corrected chi connectivity index (χ3v) is 5.24. The Labute approximate surface area is 192 Å². The Bertz CT molecular complexity index is 1070. The number of likely N-dealkylation sites (N-methyl/N-ethyl adjacent to an activating group) is 1. The first-order valence-corrected chi connectivity index (χ1v) is 10.6. The Kier molecular flexibility index (Phi) is 8.41. The van der Waals surface area contributed by atoms with E-state index in [1.165, 1.54) is 25.1 Å². The number of methoxy groups -OCH3 is 1. The normalized spacial score (nSPS) is 11.4. The minimum atomic E-state index is -0.856. The molecule has 2 amide bonds. The quantitative estimate of drug-likeness (QED) is 0.513. The molecule has 0 aliphatic rings. The maximum Gasteiger partial charge on any atom is 0.261 e. The van der Waals surface area contributed by atoms with Crippen molar-refractivity contribution in [3.63, 3.8) is 0 Å². The molecular weight excluding hydrogens is 423 g/mol. The number of carbonyl (C=O) groups excluding carboxylic acids is 2. The first-order valence-electron chi connectivity index (χ1n) is 10.6. The van der Waals surface area contributed by atoms with E-state index in [0.29, 0.717) is 17.1 Å². The van der Waals surface area contributed by atoms with Crippen molar-refractivity contribution < 1.29 is 23.5 Å². The van der Waals surface area contributed by atoms with Gasteiger partial charge in [0.15, 0.2) is 18.1 Å². The number of para-hydroxylation sites is 2. The first-order chi connectivity index (χ1) is 16.0. The number of nitrogens with one attached hydrogen (secondary N) is 1. The van der Waals surface area contributed by atoms with E-state index in [9.17, 15) is 14.0 Å². The van der Waals surface area contributed by atoms with Crippen LogP contribution in [-0.4, -0.2) is 43.5 Å². The van der Waals surface area contributed by atoms with Crippen LogP contribution in [0.4, 0.5) is 4.39 Å². The lowest BCUT2D eigenvalue weighted by atomic mass is 10.0. The van der Waals surface area contributed by atoms with Crippen molar-refractivity contribution in [2.24, 2.45) is 0 Å². The Balaban J connectivity index is 1.90. The van der Waals surface area contributed by atoms with E-state index in [1.54, 1.807) is 42.5 Å². The van der Waals surface area contributed by atoms with Gasteiger partial charge in [-0.05, 0) is 23.8 Å². The summed E-state index contributed by atoms with van der Waals surface area (Å²) in [4.78, 5) is 27.6. The standard InChI is InChI=1S/C26H27FN2O4/c1-28-26(31)22(16-19-10-4-3-5-11-19)29(17-20-12-6-7-13-21(20)27)25(30)18-33-24-15-9-8-14-23(24)32-2/h3-15,22H,16-18H2,1-2H3,(H,28,31). The molecule has 0 fully saturated rings. The van der Waals surface area contributed by atoms with Gasteiger partial charge < -0.3 is 19.7 Å². The SMILES string of the molecule is CNC(=O)C(Cc1ccccc1)N(Cc1ccccc1F)C(=O)COc1ccccc1OC. The largest absolute Gasteiger partial charge is 0.493 e. The molecule has 3 rings (SSSR count). The molecule has 3 aromatic rings. The predicted molar refractivity (Wildman–Crippen MR) is 123 cm³/mol. The van der Waals surface area contributed by atoms with Gasteiger partial charge in [0.2, 0.25) is 5.91 Å². The summed E-state index contributed by atoms with van der Waals surface area (Å²) in [6.45, 7) is -0.414. The Morgan fingerprint density at radius 1 is 0.939 bits per heavy atom. The predicted octanol–water partition coefficient (Wildman–Crippen LogP) is 3.60. The molecule has 0 bridgehead atoms. The molecule has 3 aromatic carbocycles. The summed E-state index contributed by atoms with van der Waals surface area (Å²) in [5, 5.41) is 2.63. The van der Waals surface area contributed by atoms with Gasteiger partial charge in [-0.15, -0.1) is 0 Å². The molecule has 0 heterocycles. The fourth-order valence-corrected chi connectivity index (χ4v) is 3.49. The third-order valence-electron chi connectivity index (χ3n) is 5.24. The van der Waals surface area contributed by atoms with Crippen LogP contribution in [0.25, 0.3) is 0 Å². The minimum absolute atomic E-state index is 0.0777. The van der Waals surface area contributed by atoms with Crippen molar-refractivity contribution in [2.75, 3.05) is 20.8 Å². The molecule has 6 nitrogen and oxygen atoms in total. The molecule has 0 aliphatic carbocycles. The zero-order chi connectivity index (χ0) is 23.6. The summed E-state index contributed by atoms with van der Waals surface area (Å²) in [7, 11) is 3.02. The third kappa shape index (κ3) is 6.32. The van der Waals surface area contributed by atoms with Crippen LogP contribution in [0.15, 0.2) is 78.9 Å². The second-order valence-electron chi connectivity index (χ2n) is 7.37. The summed E-state index contributed by atoms with van der Waals surface area (Å²) in [6, 6.07) is 21.7. The van der Waals surface area contributed by atoms with Crippen LogP contribution in [0.5, 0.6) is 11.5 Å². The lowest BCUT2D eigenvalue weighted by Gasteiger charge is -2.31. The Morgan fingerprint density at radius 2 is 1.58 bits per heavy atom. The van der Waals surface area contributed by atoms with E-state index in [2.05, 4.69) is 5.32 Å². The topological polar surface area (TPSA) is 67.9 Å². The number of carbonyl (C=O) groups is 2. The zero-order valence-corrected chi connectivity index (χ0v) is 18.7. The van der Waals surface area contributed by atoms with Crippen molar-refractivity contribution in [2.45, 2.75) is 19.0 Å². The smallest absolute Gasteiger partial charge is 0.261 e. The number of halogens is 1. The van der Waals surface area contributed by atoms with Crippen molar-refractivity contribution in [1.82, 2.24) is 10.2 Å². The highest BCUT2D eigenvalue weighted by Gasteiger charge is 2.30. The van der Waals surface area contributed by atoms with Gasteiger partial charge >= 0.3 is 0 Å². The van der Waals surface area contributed by atoms with Crippen molar-refractivity contribution >= 4 is 11.8 Å². The van der Waals surface area contributed by atoms with Crippen molar-refractivity contribution in [3.8, 4) is 11.5 Å². The van der Waals surface area contributed by atoms with E-state index < -0.39 is 17.8 Å². The fourth-order valence-electron chi connectivity index (χ4n) is 3.49. The molecule has 0 aromatic heterocycles. The van der Waals surface area contributed by atoms with Gasteiger partial charge in [0, 0.05) is 25.6 Å². The molecule has 7 heteroatoms. The van der Waals surface area contributed by atoms with Crippen LogP contribution in [0.3, 0.4) is 0 Å². The second-order valence-corrected chi connectivity index (χ2v) is 7.37. The van der Waals surface area contributed by atoms with Crippen molar-refractivity contribution in [3.05, 3.63) is 95.8 Å². The van der Waals surface area contributed by atoms with Crippen LogP contribution in [-0.2, 0) is 22.6 Å². The van der Waals surface area contributed by atoms with E-state index in [4.69, 9.17) is 9.47 Å². The van der Waals surface area contributed by atoms with E-state index >= 15 is 0 Å². The van der Waals surface area contributed by atoms with E-state index in [0.717, 1.165) is 5.56 Å². The molecule has 172 valence electrons. The lowest BCUT2D eigenvalue weighted by Crippen LogP contribution is -2.51. The molecule has 0 spiro atoms. The summed E-state index contributed by atoms with van der Waals surface area (Å²) in [5.41, 5.74) is 1.19. The number of amides is 2. The van der Waals surface area contributed by atoms with Crippen LogP contribution in [0, 0.1) is 5.82 Å². The van der Waals surface area contributed by atoms with E-state index in [-0.39, 0.29) is 25.5 Å². The maximum absolute atomic E-state index is 14.4. The van der Waals surface area contributed by atoms with Crippen LogP contribution in [0.2, 0.25) is 0 Å². The molecule has 33 heavy (non-hydrogen) atoms. The van der Waals surface area contributed by atoms with Gasteiger partial charge in [0.25, 0.3) is 5.91 Å². The van der Waals surface area contributed by atoms with Gasteiger partial charge in [-0.25, -0.2) is 4.39 Å². The van der Waals surface area contributed by atoms with Crippen LogP contribution < -0.4 is 14.8 Å². The monoisotopic (exact) mass is 450 g/mol. The molecular formula is C26H27FN2O4. The van der Waals surface area contributed by atoms with Gasteiger partial charge in [-0.2, -0.15) is 0 Å².